The Kier molecular flexibility index (Phi) is 4.84. The average Bonchev–Trinajstić information content (AvgIpc) is 3.40. The fourth-order valence-electron chi connectivity index (χ4n) is 4.28. The van der Waals surface area contributed by atoms with E-state index >= 15 is 0 Å². The minimum absolute atomic E-state index is 0.0448. The molecule has 4 rings (SSSR count). The number of carbonyl (C=O) groups excluding carboxylic acids is 1. The number of carbonyl (C=O) groups is 1. The first kappa shape index (κ1) is 17.7. The smallest absolute Gasteiger partial charge is 0.230 e. The minimum atomic E-state index is 0.0448. The number of rotatable bonds is 5. The van der Waals surface area contributed by atoms with E-state index in [0.29, 0.717) is 25.4 Å². The first-order valence-corrected chi connectivity index (χ1v) is 9.74. The summed E-state index contributed by atoms with van der Waals surface area (Å²) in [4.78, 5) is 19.2. The van der Waals surface area contributed by atoms with E-state index in [4.69, 9.17) is 4.42 Å². The van der Waals surface area contributed by atoms with Crippen molar-refractivity contribution < 1.29 is 9.21 Å². The molecule has 0 bridgehead atoms. The Morgan fingerprint density at radius 2 is 2.12 bits per heavy atom. The van der Waals surface area contributed by atoms with E-state index in [-0.39, 0.29) is 11.4 Å². The van der Waals surface area contributed by atoms with E-state index in [1.54, 1.807) is 0 Å². The second-order valence-electron chi connectivity index (χ2n) is 8.04. The molecule has 1 aliphatic carbocycles. The number of piperazine rings is 1. The molecule has 142 valence electrons. The van der Waals surface area contributed by atoms with Gasteiger partial charge in [-0.2, -0.15) is 0 Å². The van der Waals surface area contributed by atoms with Gasteiger partial charge < -0.3 is 9.32 Å². The van der Waals surface area contributed by atoms with E-state index in [1.807, 2.05) is 11.0 Å². The van der Waals surface area contributed by atoms with Crippen LogP contribution in [0, 0.1) is 0 Å². The van der Waals surface area contributed by atoms with Crippen LogP contribution in [0.1, 0.15) is 49.8 Å². The zero-order valence-corrected chi connectivity index (χ0v) is 15.7. The summed E-state index contributed by atoms with van der Waals surface area (Å²) in [5, 5.41) is 8.45. The maximum atomic E-state index is 12.4. The number of hydrogen-bond acceptors (Lipinski definition) is 6. The van der Waals surface area contributed by atoms with Crippen LogP contribution >= 0.6 is 0 Å². The summed E-state index contributed by atoms with van der Waals surface area (Å²) in [6, 6.07) is 0. The molecule has 0 aromatic carbocycles. The maximum Gasteiger partial charge on any atom is 0.230 e. The van der Waals surface area contributed by atoms with E-state index in [9.17, 15) is 4.79 Å². The van der Waals surface area contributed by atoms with Gasteiger partial charge in [0.1, 0.15) is 0 Å². The Morgan fingerprint density at radius 3 is 2.88 bits per heavy atom. The molecule has 3 fully saturated rings. The van der Waals surface area contributed by atoms with Crippen molar-refractivity contribution in [2.24, 2.45) is 0 Å². The van der Waals surface area contributed by atoms with Crippen LogP contribution in [-0.2, 0) is 11.3 Å². The number of nitrogens with zero attached hydrogens (tertiary/aromatic N) is 5. The molecule has 1 aromatic heterocycles. The second kappa shape index (κ2) is 7.12. The van der Waals surface area contributed by atoms with Gasteiger partial charge in [-0.25, -0.2) is 0 Å². The zero-order chi connectivity index (χ0) is 18.1. The van der Waals surface area contributed by atoms with Crippen LogP contribution in [0.15, 0.2) is 17.1 Å². The highest BCUT2D eigenvalue weighted by atomic mass is 16.4. The van der Waals surface area contributed by atoms with Crippen molar-refractivity contribution in [2.45, 2.75) is 50.1 Å². The van der Waals surface area contributed by atoms with Gasteiger partial charge in [-0.3, -0.25) is 14.6 Å². The SMILES string of the molecule is C=CCN1CCC2(CCC1=O)CN(Cc1nnc(C3CC3)o1)CCN2C. The van der Waals surface area contributed by atoms with Gasteiger partial charge in [-0.15, -0.1) is 16.8 Å². The Morgan fingerprint density at radius 1 is 1.27 bits per heavy atom. The molecule has 3 aliphatic rings. The van der Waals surface area contributed by atoms with E-state index < -0.39 is 0 Å². The maximum absolute atomic E-state index is 12.4. The Hall–Kier alpha value is -1.73. The van der Waals surface area contributed by atoms with Crippen LogP contribution in [0.3, 0.4) is 0 Å². The van der Waals surface area contributed by atoms with Crippen LogP contribution in [0.5, 0.6) is 0 Å². The first-order chi connectivity index (χ1) is 12.6. The van der Waals surface area contributed by atoms with Crippen molar-refractivity contribution in [2.75, 3.05) is 39.8 Å². The number of hydrogen-bond donors (Lipinski definition) is 0. The average molecular weight is 359 g/mol. The number of likely N-dealkylation sites (N-methyl/N-ethyl adjacent to an activating group) is 1. The zero-order valence-electron chi connectivity index (χ0n) is 15.7. The van der Waals surface area contributed by atoms with Gasteiger partial charge >= 0.3 is 0 Å². The lowest BCUT2D eigenvalue weighted by Gasteiger charge is -2.49. The van der Waals surface area contributed by atoms with Gasteiger partial charge in [-0.1, -0.05) is 6.08 Å². The van der Waals surface area contributed by atoms with Crippen molar-refractivity contribution >= 4 is 5.91 Å². The van der Waals surface area contributed by atoms with E-state index in [0.717, 1.165) is 50.8 Å². The Labute approximate surface area is 155 Å². The molecular weight excluding hydrogens is 330 g/mol. The monoisotopic (exact) mass is 359 g/mol. The van der Waals surface area contributed by atoms with Gasteiger partial charge in [0.15, 0.2) is 0 Å². The van der Waals surface area contributed by atoms with Crippen molar-refractivity contribution in [3.05, 3.63) is 24.4 Å². The molecule has 2 aliphatic heterocycles. The van der Waals surface area contributed by atoms with Gasteiger partial charge in [0.05, 0.1) is 6.54 Å². The summed E-state index contributed by atoms with van der Waals surface area (Å²) in [7, 11) is 2.20. The summed E-state index contributed by atoms with van der Waals surface area (Å²) in [5.41, 5.74) is 0.0448. The van der Waals surface area contributed by atoms with Crippen LogP contribution in [-0.4, -0.2) is 76.1 Å². The van der Waals surface area contributed by atoms with Crippen molar-refractivity contribution in [3.63, 3.8) is 0 Å². The molecule has 3 heterocycles. The molecule has 1 spiro atoms. The molecule has 0 radical (unpaired) electrons. The molecule has 0 N–H and O–H groups in total. The molecule has 1 aromatic rings. The highest BCUT2D eigenvalue weighted by molar-refractivity contribution is 5.76. The second-order valence-corrected chi connectivity index (χ2v) is 8.04. The van der Waals surface area contributed by atoms with Gasteiger partial charge in [-0.05, 0) is 32.7 Å². The van der Waals surface area contributed by atoms with Crippen LogP contribution in [0.4, 0.5) is 0 Å². The highest BCUT2D eigenvalue weighted by Crippen LogP contribution is 2.39. The molecule has 26 heavy (non-hydrogen) atoms. The van der Waals surface area contributed by atoms with Crippen molar-refractivity contribution in [1.29, 1.82) is 0 Å². The standard InChI is InChI=1S/C19H29N5O2/c1-3-9-24-10-8-19(7-6-17(24)25)14-23(12-11-22(19)2)13-16-20-21-18(26-16)15-4-5-15/h3,15H,1,4-14H2,2H3. The summed E-state index contributed by atoms with van der Waals surface area (Å²) in [5.74, 6) is 2.28. The topological polar surface area (TPSA) is 65.7 Å². The molecular formula is C19H29N5O2. The number of aromatic nitrogens is 2. The summed E-state index contributed by atoms with van der Waals surface area (Å²) < 4.78 is 5.85. The van der Waals surface area contributed by atoms with Crippen molar-refractivity contribution in [3.8, 4) is 0 Å². The van der Waals surface area contributed by atoms with Gasteiger partial charge in [0.25, 0.3) is 0 Å². The largest absolute Gasteiger partial charge is 0.424 e. The summed E-state index contributed by atoms with van der Waals surface area (Å²) in [6.07, 6.45) is 6.68. The van der Waals surface area contributed by atoms with Crippen LogP contribution < -0.4 is 0 Å². The van der Waals surface area contributed by atoms with Crippen LogP contribution in [0.25, 0.3) is 0 Å². The van der Waals surface area contributed by atoms with Crippen LogP contribution in [0.2, 0.25) is 0 Å². The third-order valence-electron chi connectivity index (χ3n) is 6.20. The van der Waals surface area contributed by atoms with Crippen molar-refractivity contribution in [1.82, 2.24) is 24.9 Å². The molecule has 7 nitrogen and oxygen atoms in total. The fourth-order valence-corrected chi connectivity index (χ4v) is 4.28. The number of amides is 1. The third-order valence-corrected chi connectivity index (χ3v) is 6.20. The third kappa shape index (κ3) is 3.55. The molecule has 1 unspecified atom stereocenters. The first-order valence-electron chi connectivity index (χ1n) is 9.74. The Bertz CT molecular complexity index is 671. The quantitative estimate of drug-likeness (QED) is 0.745. The lowest BCUT2D eigenvalue weighted by molar-refractivity contribution is -0.130. The predicted octanol–water partition coefficient (Wildman–Crippen LogP) is 1.63. The lowest BCUT2D eigenvalue weighted by atomic mass is 9.86. The lowest BCUT2D eigenvalue weighted by Crippen LogP contribution is -2.60. The minimum Gasteiger partial charge on any atom is -0.424 e. The molecule has 2 saturated heterocycles. The molecule has 1 saturated carbocycles. The van der Waals surface area contributed by atoms with E-state index in [2.05, 4.69) is 33.6 Å². The van der Waals surface area contributed by atoms with Gasteiger partial charge in [0, 0.05) is 50.6 Å². The highest BCUT2D eigenvalue weighted by Gasteiger charge is 2.42. The van der Waals surface area contributed by atoms with E-state index in [1.165, 1.54) is 12.8 Å². The van der Waals surface area contributed by atoms with Gasteiger partial charge in [0.2, 0.25) is 17.7 Å². The molecule has 1 atom stereocenters. The predicted molar refractivity (Wildman–Crippen MR) is 97.5 cm³/mol. The normalized spacial score (nSPS) is 28.5. The molecule has 1 amide bonds. The molecule has 7 heteroatoms. The fraction of sp³-hybridized carbons (Fsp3) is 0.737. The number of likely N-dealkylation sites (tertiary alicyclic amines) is 1. The summed E-state index contributed by atoms with van der Waals surface area (Å²) >= 11 is 0. The Balaban J connectivity index is 1.43. The summed E-state index contributed by atoms with van der Waals surface area (Å²) in [6.45, 7) is 8.87.